The molecule has 0 aromatic carbocycles. The summed E-state index contributed by atoms with van der Waals surface area (Å²) in [5.41, 5.74) is -0.202. The smallest absolute Gasteiger partial charge is 0.321 e. The van der Waals surface area contributed by atoms with Crippen LogP contribution in [0.2, 0.25) is 0 Å². The Morgan fingerprint density at radius 2 is 2.25 bits per heavy atom. The van der Waals surface area contributed by atoms with E-state index in [1.165, 1.54) is 18.4 Å². The summed E-state index contributed by atoms with van der Waals surface area (Å²) in [7, 11) is 3.21. The standard InChI is InChI=1S/C14H19N5O4S/c1-19(8-11(20)18-14(22)15-4-5-23-2)7-10-16-12(21)9-3-6-24-13(9)17-10/h3,6H,4-5,7-8H2,1-2H3,(H,16,17,21)(H2,15,18,20,22). The predicted molar refractivity (Wildman–Crippen MR) is 90.0 cm³/mol. The number of H-pyrrole nitrogens is 1. The fraction of sp³-hybridized carbons (Fsp3) is 0.429. The molecule has 0 radical (unpaired) electrons. The first-order valence-corrected chi connectivity index (χ1v) is 8.09. The molecule has 130 valence electrons. The Balaban J connectivity index is 1.85. The number of ether oxygens (including phenoxy) is 1. The van der Waals surface area contributed by atoms with Crippen molar-refractivity contribution in [1.29, 1.82) is 0 Å². The van der Waals surface area contributed by atoms with Gasteiger partial charge in [-0.05, 0) is 18.5 Å². The van der Waals surface area contributed by atoms with Crippen LogP contribution in [0.3, 0.4) is 0 Å². The summed E-state index contributed by atoms with van der Waals surface area (Å²) < 4.78 is 4.79. The van der Waals surface area contributed by atoms with Gasteiger partial charge in [0.25, 0.3) is 5.56 Å². The third-order valence-electron chi connectivity index (χ3n) is 3.06. The van der Waals surface area contributed by atoms with Crippen molar-refractivity contribution in [3.63, 3.8) is 0 Å². The zero-order valence-corrected chi connectivity index (χ0v) is 14.2. The highest BCUT2D eigenvalue weighted by molar-refractivity contribution is 7.16. The number of nitrogens with one attached hydrogen (secondary N) is 3. The maximum atomic E-state index is 11.9. The summed E-state index contributed by atoms with van der Waals surface area (Å²) in [6.45, 7) is 0.953. The van der Waals surface area contributed by atoms with E-state index < -0.39 is 11.9 Å². The number of amides is 3. The third-order valence-corrected chi connectivity index (χ3v) is 3.87. The molecule has 2 heterocycles. The number of aromatic nitrogens is 2. The molecule has 2 aromatic rings. The summed E-state index contributed by atoms with van der Waals surface area (Å²) in [4.78, 5) is 44.5. The lowest BCUT2D eigenvalue weighted by Crippen LogP contribution is -2.44. The Hall–Kier alpha value is -2.30. The van der Waals surface area contributed by atoms with Crippen molar-refractivity contribution >= 4 is 33.5 Å². The SMILES string of the molecule is COCCNC(=O)NC(=O)CN(C)Cc1nc2sccc2c(=O)[nH]1. The maximum absolute atomic E-state index is 11.9. The lowest BCUT2D eigenvalue weighted by Gasteiger charge is -2.15. The Labute approximate surface area is 142 Å². The molecule has 2 rings (SSSR count). The van der Waals surface area contributed by atoms with Crippen molar-refractivity contribution in [2.24, 2.45) is 0 Å². The lowest BCUT2D eigenvalue weighted by atomic mass is 10.4. The average molecular weight is 353 g/mol. The van der Waals surface area contributed by atoms with Gasteiger partial charge in [-0.1, -0.05) is 0 Å². The van der Waals surface area contributed by atoms with E-state index >= 15 is 0 Å². The molecule has 2 aromatic heterocycles. The van der Waals surface area contributed by atoms with E-state index in [9.17, 15) is 14.4 Å². The van der Waals surface area contributed by atoms with Gasteiger partial charge in [0.15, 0.2) is 0 Å². The minimum Gasteiger partial charge on any atom is -0.383 e. The second kappa shape index (κ2) is 8.52. The average Bonchev–Trinajstić information content (AvgIpc) is 2.95. The second-order valence-electron chi connectivity index (χ2n) is 5.12. The van der Waals surface area contributed by atoms with E-state index in [1.807, 2.05) is 0 Å². The quantitative estimate of drug-likeness (QED) is 0.598. The molecular weight excluding hydrogens is 334 g/mol. The Morgan fingerprint density at radius 3 is 3.00 bits per heavy atom. The van der Waals surface area contributed by atoms with Crippen LogP contribution in [0.25, 0.3) is 10.2 Å². The van der Waals surface area contributed by atoms with Crippen LogP contribution in [0.15, 0.2) is 16.2 Å². The normalized spacial score (nSPS) is 11.0. The van der Waals surface area contributed by atoms with Gasteiger partial charge in [0.05, 0.1) is 25.1 Å². The number of hydrogen-bond acceptors (Lipinski definition) is 7. The lowest BCUT2D eigenvalue weighted by molar-refractivity contribution is -0.121. The van der Waals surface area contributed by atoms with Crippen molar-refractivity contribution in [3.8, 4) is 0 Å². The highest BCUT2D eigenvalue weighted by Crippen LogP contribution is 2.14. The number of nitrogens with zero attached hydrogens (tertiary/aromatic N) is 2. The summed E-state index contributed by atoms with van der Waals surface area (Å²) in [5.74, 6) is 0.0155. The molecule has 0 fully saturated rings. The van der Waals surface area contributed by atoms with Crippen LogP contribution in [0.5, 0.6) is 0 Å². The van der Waals surface area contributed by atoms with E-state index in [4.69, 9.17) is 4.74 Å². The number of rotatable bonds is 7. The van der Waals surface area contributed by atoms with Crippen molar-refractivity contribution in [2.45, 2.75) is 6.54 Å². The largest absolute Gasteiger partial charge is 0.383 e. The molecule has 0 unspecified atom stereocenters. The number of thiophene rings is 1. The maximum Gasteiger partial charge on any atom is 0.321 e. The molecule has 0 aliphatic heterocycles. The number of imide groups is 1. The highest BCUT2D eigenvalue weighted by atomic mass is 32.1. The molecule has 24 heavy (non-hydrogen) atoms. The Morgan fingerprint density at radius 1 is 1.46 bits per heavy atom. The van der Waals surface area contributed by atoms with Crippen molar-refractivity contribution < 1.29 is 14.3 Å². The first-order valence-electron chi connectivity index (χ1n) is 7.21. The van der Waals surface area contributed by atoms with Crippen LogP contribution in [-0.4, -0.2) is 60.7 Å². The van der Waals surface area contributed by atoms with Crippen molar-refractivity contribution in [3.05, 3.63) is 27.6 Å². The van der Waals surface area contributed by atoms with Gasteiger partial charge >= 0.3 is 6.03 Å². The van der Waals surface area contributed by atoms with E-state index in [2.05, 4.69) is 20.6 Å². The molecule has 0 atom stereocenters. The van der Waals surface area contributed by atoms with Crippen LogP contribution in [0, 0.1) is 0 Å². The van der Waals surface area contributed by atoms with E-state index in [0.29, 0.717) is 29.2 Å². The number of likely N-dealkylation sites (N-methyl/N-ethyl adjacent to an activating group) is 1. The summed E-state index contributed by atoms with van der Waals surface area (Å²) in [5, 5.41) is 7.06. The zero-order chi connectivity index (χ0) is 17.5. The van der Waals surface area contributed by atoms with Crippen LogP contribution >= 0.6 is 11.3 Å². The van der Waals surface area contributed by atoms with Gasteiger partial charge in [-0.15, -0.1) is 11.3 Å². The summed E-state index contributed by atoms with van der Waals surface area (Å²) >= 11 is 1.38. The van der Waals surface area contributed by atoms with Crippen LogP contribution in [0.1, 0.15) is 5.82 Å². The van der Waals surface area contributed by atoms with Crippen molar-refractivity contribution in [2.75, 3.05) is 33.9 Å². The number of hydrogen-bond donors (Lipinski definition) is 3. The van der Waals surface area contributed by atoms with E-state index in [0.717, 1.165) is 0 Å². The molecule has 0 bridgehead atoms. The zero-order valence-electron chi connectivity index (χ0n) is 13.4. The van der Waals surface area contributed by atoms with E-state index in [1.54, 1.807) is 23.4 Å². The number of methoxy groups -OCH3 is 1. The molecule has 0 aliphatic carbocycles. The third kappa shape index (κ3) is 5.11. The Kier molecular flexibility index (Phi) is 6.41. The summed E-state index contributed by atoms with van der Waals surface area (Å²) in [6.07, 6.45) is 0. The van der Waals surface area contributed by atoms with E-state index in [-0.39, 0.29) is 18.6 Å². The van der Waals surface area contributed by atoms with Crippen LogP contribution in [-0.2, 0) is 16.1 Å². The predicted octanol–water partition coefficient (Wildman–Crippen LogP) is -0.111. The number of fused-ring (bicyclic) bond motifs is 1. The number of carbonyl (C=O) groups excluding carboxylic acids is 2. The van der Waals surface area contributed by atoms with Crippen LogP contribution in [0.4, 0.5) is 4.79 Å². The first kappa shape index (κ1) is 18.0. The van der Waals surface area contributed by atoms with Crippen LogP contribution < -0.4 is 16.2 Å². The van der Waals surface area contributed by atoms with Gasteiger partial charge in [0.2, 0.25) is 5.91 Å². The fourth-order valence-electron chi connectivity index (χ4n) is 2.02. The summed E-state index contributed by atoms with van der Waals surface area (Å²) in [6, 6.07) is 1.14. The number of aromatic amines is 1. The first-order chi connectivity index (χ1) is 11.5. The van der Waals surface area contributed by atoms with Gasteiger partial charge in [-0.2, -0.15) is 0 Å². The van der Waals surface area contributed by atoms with Gasteiger partial charge < -0.3 is 15.0 Å². The molecule has 10 heteroatoms. The molecule has 0 saturated carbocycles. The molecule has 0 aliphatic rings. The van der Waals surface area contributed by atoms with Gasteiger partial charge in [0, 0.05) is 13.7 Å². The highest BCUT2D eigenvalue weighted by Gasteiger charge is 2.12. The molecule has 0 spiro atoms. The number of carbonyl (C=O) groups is 2. The fourth-order valence-corrected chi connectivity index (χ4v) is 2.80. The minimum absolute atomic E-state index is 0.0100. The molecule has 3 N–H and O–H groups in total. The van der Waals surface area contributed by atoms with Crippen molar-refractivity contribution in [1.82, 2.24) is 25.5 Å². The van der Waals surface area contributed by atoms with Gasteiger partial charge in [0.1, 0.15) is 10.7 Å². The number of urea groups is 1. The second-order valence-corrected chi connectivity index (χ2v) is 6.02. The molecule has 9 nitrogen and oxygen atoms in total. The molecule has 0 saturated heterocycles. The minimum atomic E-state index is -0.572. The molecule has 3 amide bonds. The van der Waals surface area contributed by atoms with Gasteiger partial charge in [-0.3, -0.25) is 19.8 Å². The van der Waals surface area contributed by atoms with Gasteiger partial charge in [-0.25, -0.2) is 9.78 Å². The Bertz CT molecular complexity index is 772. The molecular formula is C14H19N5O4S. The topological polar surface area (TPSA) is 116 Å². The monoisotopic (exact) mass is 353 g/mol.